The molecule has 2 fully saturated rings. The summed E-state index contributed by atoms with van der Waals surface area (Å²) in [6, 6.07) is 4.67. The van der Waals surface area contributed by atoms with E-state index in [9.17, 15) is 17.6 Å². The first-order valence-electron chi connectivity index (χ1n) is 10.5. The van der Waals surface area contributed by atoms with Crippen LogP contribution >= 0.6 is 0 Å². The third kappa shape index (κ3) is 5.16. The molecule has 1 amide bonds. The lowest BCUT2D eigenvalue weighted by Gasteiger charge is -2.38. The average Bonchev–Trinajstić information content (AvgIpc) is 2.93. The summed E-state index contributed by atoms with van der Waals surface area (Å²) in [7, 11) is -3.66. The number of halogens is 1. The van der Waals surface area contributed by atoms with Crippen molar-refractivity contribution in [1.82, 2.24) is 14.1 Å². The van der Waals surface area contributed by atoms with Gasteiger partial charge in [-0.25, -0.2) is 12.8 Å². The van der Waals surface area contributed by atoms with E-state index in [1.807, 2.05) is 11.8 Å². The molecule has 8 heteroatoms. The van der Waals surface area contributed by atoms with Crippen molar-refractivity contribution in [2.24, 2.45) is 11.8 Å². The number of sulfonamides is 1. The van der Waals surface area contributed by atoms with E-state index in [0.29, 0.717) is 44.4 Å². The molecule has 0 N–H and O–H groups in total. The molecule has 6 nitrogen and oxygen atoms in total. The maximum Gasteiger partial charge on any atom is 0.243 e. The van der Waals surface area contributed by atoms with Crippen LogP contribution < -0.4 is 0 Å². The van der Waals surface area contributed by atoms with Gasteiger partial charge in [-0.2, -0.15) is 4.31 Å². The summed E-state index contributed by atoms with van der Waals surface area (Å²) in [5.41, 5.74) is 0. The van der Waals surface area contributed by atoms with Gasteiger partial charge in [-0.1, -0.05) is 13.8 Å². The Labute approximate surface area is 173 Å². The molecule has 0 aromatic heterocycles. The summed E-state index contributed by atoms with van der Waals surface area (Å²) < 4.78 is 40.4. The Bertz CT molecular complexity index is 805. The minimum Gasteiger partial charge on any atom is -0.341 e. The molecular weight excluding hydrogens is 393 g/mol. The SMILES string of the molecule is CC1CC(C)CN(C(=O)C(C)N2CCCN(S(=O)(=O)c3ccc(F)cc3)CC2)C1. The summed E-state index contributed by atoms with van der Waals surface area (Å²) in [6.07, 6.45) is 1.81. The molecule has 3 unspecified atom stereocenters. The maximum absolute atomic E-state index is 13.1. The van der Waals surface area contributed by atoms with Gasteiger partial charge in [0.25, 0.3) is 0 Å². The number of hydrogen-bond acceptors (Lipinski definition) is 4. The molecule has 29 heavy (non-hydrogen) atoms. The predicted molar refractivity (Wildman–Crippen MR) is 110 cm³/mol. The second kappa shape index (κ2) is 9.10. The van der Waals surface area contributed by atoms with Crippen molar-refractivity contribution in [2.45, 2.75) is 44.6 Å². The molecule has 0 aliphatic carbocycles. The Kier molecular flexibility index (Phi) is 6.96. The third-order valence-electron chi connectivity index (χ3n) is 6.03. The van der Waals surface area contributed by atoms with Crippen LogP contribution in [0.25, 0.3) is 0 Å². The highest BCUT2D eigenvalue weighted by molar-refractivity contribution is 7.89. The first kappa shape index (κ1) is 22.2. The molecule has 162 valence electrons. The topological polar surface area (TPSA) is 60.9 Å². The van der Waals surface area contributed by atoms with Crippen molar-refractivity contribution in [3.8, 4) is 0 Å². The van der Waals surface area contributed by atoms with E-state index in [1.54, 1.807) is 0 Å². The van der Waals surface area contributed by atoms with Gasteiger partial charge in [0.2, 0.25) is 15.9 Å². The van der Waals surface area contributed by atoms with Crippen LogP contribution in [0.3, 0.4) is 0 Å². The second-order valence-corrected chi connectivity index (χ2v) is 10.6. The van der Waals surface area contributed by atoms with Gasteiger partial charge < -0.3 is 4.90 Å². The van der Waals surface area contributed by atoms with Gasteiger partial charge in [-0.15, -0.1) is 0 Å². The Balaban J connectivity index is 1.64. The van der Waals surface area contributed by atoms with E-state index in [0.717, 1.165) is 19.5 Å². The molecule has 3 rings (SSSR count). The lowest BCUT2D eigenvalue weighted by Crippen LogP contribution is -2.52. The summed E-state index contributed by atoms with van der Waals surface area (Å²) in [5, 5.41) is 0. The number of rotatable bonds is 4. The molecule has 3 atom stereocenters. The standard InChI is InChI=1S/C21H32FN3O3S/c1-16-13-17(2)15-24(14-16)21(26)18(3)23-9-4-10-25(12-11-23)29(27,28)20-7-5-19(22)6-8-20/h5-8,16-18H,4,9-15H2,1-3H3. The van der Waals surface area contributed by atoms with Gasteiger partial charge in [0.05, 0.1) is 10.9 Å². The lowest BCUT2D eigenvalue weighted by atomic mass is 9.91. The van der Waals surface area contributed by atoms with Gasteiger partial charge in [0, 0.05) is 39.3 Å². The minimum atomic E-state index is -3.66. The number of amides is 1. The van der Waals surface area contributed by atoms with Gasteiger partial charge in [0.15, 0.2) is 0 Å². The molecule has 0 radical (unpaired) electrons. The summed E-state index contributed by atoms with van der Waals surface area (Å²) in [6.45, 7) is 9.80. The van der Waals surface area contributed by atoms with Gasteiger partial charge >= 0.3 is 0 Å². The third-order valence-corrected chi connectivity index (χ3v) is 7.94. The van der Waals surface area contributed by atoms with Crippen LogP contribution in [-0.2, 0) is 14.8 Å². The van der Waals surface area contributed by atoms with Crippen LogP contribution in [0, 0.1) is 17.7 Å². The monoisotopic (exact) mass is 425 g/mol. The van der Waals surface area contributed by atoms with E-state index < -0.39 is 15.8 Å². The number of likely N-dealkylation sites (tertiary alicyclic amines) is 1. The average molecular weight is 426 g/mol. The first-order chi connectivity index (χ1) is 13.7. The van der Waals surface area contributed by atoms with Crippen LogP contribution in [0.1, 0.15) is 33.6 Å². The highest BCUT2D eigenvalue weighted by atomic mass is 32.2. The Morgan fingerprint density at radius 3 is 2.28 bits per heavy atom. The van der Waals surface area contributed by atoms with Gasteiger partial charge in [0.1, 0.15) is 5.82 Å². The molecule has 1 aromatic rings. The molecule has 0 spiro atoms. The minimum absolute atomic E-state index is 0.104. The van der Waals surface area contributed by atoms with E-state index >= 15 is 0 Å². The fourth-order valence-corrected chi connectivity index (χ4v) is 6.03. The molecule has 2 heterocycles. The second-order valence-electron chi connectivity index (χ2n) is 8.61. The Morgan fingerprint density at radius 1 is 1.03 bits per heavy atom. The largest absolute Gasteiger partial charge is 0.341 e. The van der Waals surface area contributed by atoms with Crippen molar-refractivity contribution in [3.05, 3.63) is 30.1 Å². The van der Waals surface area contributed by atoms with Crippen molar-refractivity contribution in [3.63, 3.8) is 0 Å². The zero-order valence-electron chi connectivity index (χ0n) is 17.6. The first-order valence-corrected chi connectivity index (χ1v) is 11.9. The number of benzene rings is 1. The fraction of sp³-hybridized carbons (Fsp3) is 0.667. The Hall–Kier alpha value is -1.51. The van der Waals surface area contributed by atoms with Gasteiger partial charge in [-0.05, 0) is 55.9 Å². The van der Waals surface area contributed by atoms with Crippen LogP contribution in [0.15, 0.2) is 29.2 Å². The molecule has 2 aliphatic rings. The Morgan fingerprint density at radius 2 is 1.66 bits per heavy atom. The van der Waals surface area contributed by atoms with Gasteiger partial charge in [-0.3, -0.25) is 9.69 Å². The van der Waals surface area contributed by atoms with E-state index in [-0.39, 0.29) is 16.8 Å². The van der Waals surface area contributed by atoms with Crippen LogP contribution in [-0.4, -0.2) is 73.7 Å². The van der Waals surface area contributed by atoms with E-state index in [1.165, 1.54) is 28.6 Å². The van der Waals surface area contributed by atoms with E-state index in [2.05, 4.69) is 18.7 Å². The zero-order valence-corrected chi connectivity index (χ0v) is 18.4. The quantitative estimate of drug-likeness (QED) is 0.743. The number of nitrogens with zero attached hydrogens (tertiary/aromatic N) is 3. The van der Waals surface area contributed by atoms with Crippen molar-refractivity contribution in [1.29, 1.82) is 0 Å². The number of carbonyl (C=O) groups excluding carboxylic acids is 1. The fourth-order valence-electron chi connectivity index (χ4n) is 4.56. The molecule has 1 aromatic carbocycles. The summed E-state index contributed by atoms with van der Waals surface area (Å²) in [5.74, 6) is 0.698. The molecule has 2 saturated heterocycles. The number of hydrogen-bond donors (Lipinski definition) is 0. The predicted octanol–water partition coefficient (Wildman–Crippen LogP) is 2.42. The number of piperidine rings is 1. The molecule has 0 bridgehead atoms. The maximum atomic E-state index is 13.1. The van der Waals surface area contributed by atoms with Crippen LogP contribution in [0.4, 0.5) is 4.39 Å². The summed E-state index contributed by atoms with van der Waals surface area (Å²) >= 11 is 0. The van der Waals surface area contributed by atoms with Crippen LogP contribution in [0.5, 0.6) is 0 Å². The molecule has 0 saturated carbocycles. The smallest absolute Gasteiger partial charge is 0.243 e. The molecular formula is C21H32FN3O3S. The van der Waals surface area contributed by atoms with Crippen molar-refractivity contribution >= 4 is 15.9 Å². The lowest BCUT2D eigenvalue weighted by molar-refractivity contribution is -0.139. The van der Waals surface area contributed by atoms with Crippen molar-refractivity contribution < 1.29 is 17.6 Å². The zero-order chi connectivity index (χ0) is 21.2. The molecule has 2 aliphatic heterocycles. The van der Waals surface area contributed by atoms with E-state index in [4.69, 9.17) is 0 Å². The number of carbonyl (C=O) groups is 1. The normalized spacial score (nSPS) is 26.1. The highest BCUT2D eigenvalue weighted by Gasteiger charge is 2.33. The van der Waals surface area contributed by atoms with Crippen molar-refractivity contribution in [2.75, 3.05) is 39.3 Å². The summed E-state index contributed by atoms with van der Waals surface area (Å²) in [4.78, 5) is 17.2. The van der Waals surface area contributed by atoms with Crippen LogP contribution in [0.2, 0.25) is 0 Å². The highest BCUT2D eigenvalue weighted by Crippen LogP contribution is 2.23.